The first-order valence-corrected chi connectivity index (χ1v) is 22.2. The number of aliphatic hydroxyl groups excluding tert-OH is 2. The molecule has 0 heterocycles. The quantitative estimate of drug-likeness (QED) is 0.0239. The number of phosphoric acid groups is 1. The Labute approximate surface area is 327 Å². The largest absolute Gasteiger partial charge is 0.472 e. The summed E-state index contributed by atoms with van der Waals surface area (Å²) in [7, 11) is -4.63. The minimum Gasteiger partial charge on any atom is -0.462 e. The van der Waals surface area contributed by atoms with Crippen LogP contribution in [0.25, 0.3) is 0 Å². The predicted octanol–water partition coefficient (Wildman–Crippen LogP) is 10.7. The lowest BCUT2D eigenvalue weighted by atomic mass is 10.1. The lowest BCUT2D eigenvalue weighted by molar-refractivity contribution is -0.161. The van der Waals surface area contributed by atoms with Crippen LogP contribution in [0.2, 0.25) is 0 Å². The summed E-state index contributed by atoms with van der Waals surface area (Å²) in [6.07, 6.45) is 41.9. The average molecular weight is 783 g/mol. The Kier molecular flexibility index (Phi) is 37.2. The molecule has 0 aromatic rings. The zero-order valence-electron chi connectivity index (χ0n) is 33.7. The number of phosphoric ester groups is 1. The van der Waals surface area contributed by atoms with Gasteiger partial charge < -0.3 is 24.6 Å². The third-order valence-electron chi connectivity index (χ3n) is 8.39. The van der Waals surface area contributed by atoms with Crippen molar-refractivity contribution in [1.82, 2.24) is 0 Å². The standard InChI is InChI=1S/C43H75O10P/c1-3-5-7-9-11-13-15-17-19-20-21-23-25-27-29-31-33-35-43(47)53-41(39-52-54(48,49)51-37-40(45)36-44)38-50-42(46)34-32-30-28-26-24-22-18-16-14-12-10-8-6-4-2/h11,13,16-19,21,23,27,29,40-41,44-45H,3-10,12,14-15,20,22,24-26,28,30-39H2,1-2H3,(H,48,49)/b13-11-,18-16-,19-17-,23-21-,29-27-/t40-,41+/m0/s1. The molecule has 0 aliphatic carbocycles. The van der Waals surface area contributed by atoms with Gasteiger partial charge in [-0.05, 0) is 77.0 Å². The highest BCUT2D eigenvalue weighted by molar-refractivity contribution is 7.47. The fourth-order valence-electron chi connectivity index (χ4n) is 5.16. The van der Waals surface area contributed by atoms with E-state index < -0.39 is 51.8 Å². The van der Waals surface area contributed by atoms with E-state index in [-0.39, 0.29) is 19.4 Å². The zero-order valence-corrected chi connectivity index (χ0v) is 34.6. The minimum atomic E-state index is -4.63. The summed E-state index contributed by atoms with van der Waals surface area (Å²) in [6.45, 7) is 2.25. The number of esters is 2. The summed E-state index contributed by atoms with van der Waals surface area (Å²) < 4.78 is 32.6. The van der Waals surface area contributed by atoms with E-state index in [1.54, 1.807) is 0 Å². The maximum absolute atomic E-state index is 12.6. The fraction of sp³-hybridized carbons (Fsp3) is 0.721. The van der Waals surface area contributed by atoms with Crippen LogP contribution >= 0.6 is 7.82 Å². The Morgan fingerprint density at radius 2 is 0.981 bits per heavy atom. The van der Waals surface area contributed by atoms with Gasteiger partial charge in [-0.3, -0.25) is 18.6 Å². The van der Waals surface area contributed by atoms with Crippen molar-refractivity contribution < 1.29 is 47.8 Å². The Hall–Kier alpha value is -2.33. The number of allylic oxidation sites excluding steroid dienone is 10. The van der Waals surface area contributed by atoms with E-state index in [0.29, 0.717) is 19.3 Å². The van der Waals surface area contributed by atoms with Crippen LogP contribution in [-0.2, 0) is 32.7 Å². The van der Waals surface area contributed by atoms with Crippen LogP contribution in [0.3, 0.4) is 0 Å². The first-order chi connectivity index (χ1) is 26.2. The van der Waals surface area contributed by atoms with E-state index in [1.807, 2.05) is 12.2 Å². The van der Waals surface area contributed by atoms with Crippen molar-refractivity contribution in [1.29, 1.82) is 0 Å². The molecule has 0 fully saturated rings. The molecule has 54 heavy (non-hydrogen) atoms. The molecular weight excluding hydrogens is 707 g/mol. The molecule has 0 spiro atoms. The molecule has 10 nitrogen and oxygen atoms in total. The van der Waals surface area contributed by atoms with E-state index in [0.717, 1.165) is 64.2 Å². The maximum Gasteiger partial charge on any atom is 0.472 e. The molecule has 11 heteroatoms. The van der Waals surface area contributed by atoms with Gasteiger partial charge in [0.2, 0.25) is 0 Å². The topological polar surface area (TPSA) is 149 Å². The van der Waals surface area contributed by atoms with Crippen LogP contribution in [-0.4, -0.2) is 65.7 Å². The maximum atomic E-state index is 12.6. The molecule has 0 aliphatic rings. The second kappa shape index (κ2) is 38.9. The van der Waals surface area contributed by atoms with Crippen molar-refractivity contribution in [2.45, 2.75) is 174 Å². The molecule has 0 bridgehead atoms. The van der Waals surface area contributed by atoms with Crippen LogP contribution < -0.4 is 0 Å². The number of hydrogen-bond acceptors (Lipinski definition) is 9. The predicted molar refractivity (Wildman–Crippen MR) is 219 cm³/mol. The number of ether oxygens (including phenoxy) is 2. The molecule has 1 unspecified atom stereocenters. The summed E-state index contributed by atoms with van der Waals surface area (Å²) in [6, 6.07) is 0. The molecule has 0 amide bonds. The second-order valence-corrected chi connectivity index (χ2v) is 15.1. The first kappa shape index (κ1) is 51.7. The highest BCUT2D eigenvalue weighted by Gasteiger charge is 2.27. The highest BCUT2D eigenvalue weighted by Crippen LogP contribution is 2.43. The molecule has 0 rings (SSSR count). The molecule has 0 saturated carbocycles. The number of rotatable bonds is 38. The molecular formula is C43H75O10P. The summed E-state index contributed by atoms with van der Waals surface area (Å²) in [5, 5.41) is 18.3. The number of aliphatic hydroxyl groups is 2. The zero-order chi connectivity index (χ0) is 39.8. The van der Waals surface area contributed by atoms with Crippen molar-refractivity contribution in [3.8, 4) is 0 Å². The van der Waals surface area contributed by atoms with Crippen molar-refractivity contribution in [3.63, 3.8) is 0 Å². The lowest BCUT2D eigenvalue weighted by Crippen LogP contribution is -2.29. The molecule has 3 atom stereocenters. The van der Waals surface area contributed by atoms with Crippen LogP contribution in [0.1, 0.15) is 162 Å². The Morgan fingerprint density at radius 1 is 0.556 bits per heavy atom. The highest BCUT2D eigenvalue weighted by atomic mass is 31.2. The van der Waals surface area contributed by atoms with E-state index in [4.69, 9.17) is 19.1 Å². The normalized spacial score (nSPS) is 14.5. The lowest BCUT2D eigenvalue weighted by Gasteiger charge is -2.20. The van der Waals surface area contributed by atoms with Crippen LogP contribution in [0.4, 0.5) is 0 Å². The molecule has 0 saturated heterocycles. The number of carbonyl (C=O) groups excluding carboxylic acids is 2. The number of hydrogen-bond donors (Lipinski definition) is 3. The molecule has 0 radical (unpaired) electrons. The summed E-state index contributed by atoms with van der Waals surface area (Å²) in [5.74, 6) is -1.00. The average Bonchev–Trinajstić information content (AvgIpc) is 3.16. The Morgan fingerprint density at radius 3 is 1.56 bits per heavy atom. The van der Waals surface area contributed by atoms with Crippen molar-refractivity contribution >= 4 is 19.8 Å². The molecule has 312 valence electrons. The van der Waals surface area contributed by atoms with E-state index >= 15 is 0 Å². The van der Waals surface area contributed by atoms with Crippen molar-refractivity contribution in [2.75, 3.05) is 26.4 Å². The Balaban J connectivity index is 4.45. The minimum absolute atomic E-state index is 0.104. The second-order valence-electron chi connectivity index (χ2n) is 13.7. The monoisotopic (exact) mass is 783 g/mol. The molecule has 0 aromatic heterocycles. The molecule has 0 aliphatic heterocycles. The van der Waals surface area contributed by atoms with Gasteiger partial charge >= 0.3 is 19.8 Å². The van der Waals surface area contributed by atoms with Gasteiger partial charge in [-0.15, -0.1) is 0 Å². The van der Waals surface area contributed by atoms with Gasteiger partial charge in [0, 0.05) is 12.8 Å². The molecule has 3 N–H and O–H groups in total. The van der Waals surface area contributed by atoms with Crippen molar-refractivity contribution in [2.24, 2.45) is 0 Å². The summed E-state index contributed by atoms with van der Waals surface area (Å²) in [5.41, 5.74) is 0. The molecule has 0 aromatic carbocycles. The van der Waals surface area contributed by atoms with Crippen LogP contribution in [0, 0.1) is 0 Å². The van der Waals surface area contributed by atoms with Crippen molar-refractivity contribution in [3.05, 3.63) is 60.8 Å². The Bertz CT molecular complexity index is 1080. The van der Waals surface area contributed by atoms with Gasteiger partial charge in [0.15, 0.2) is 6.10 Å². The SMILES string of the molecule is CCCCC/C=C\C/C=C\C/C=C\C/C=C\CCCC(=O)O[C@H](COC(=O)CCCCCCC/C=C\CCCCCCC)COP(=O)(O)OC[C@@H](O)CO. The fourth-order valence-corrected chi connectivity index (χ4v) is 5.94. The third-order valence-corrected chi connectivity index (χ3v) is 9.35. The third kappa shape index (κ3) is 38.0. The van der Waals surface area contributed by atoms with Crippen LogP contribution in [0.15, 0.2) is 60.8 Å². The van der Waals surface area contributed by atoms with Crippen LogP contribution in [0.5, 0.6) is 0 Å². The van der Waals surface area contributed by atoms with Gasteiger partial charge in [0.1, 0.15) is 12.7 Å². The number of unbranched alkanes of at least 4 members (excludes halogenated alkanes) is 14. The van der Waals surface area contributed by atoms with Gasteiger partial charge in [0.25, 0.3) is 0 Å². The van der Waals surface area contributed by atoms with E-state index in [9.17, 15) is 24.2 Å². The first-order valence-electron chi connectivity index (χ1n) is 20.7. The smallest absolute Gasteiger partial charge is 0.462 e. The number of carbonyl (C=O) groups is 2. The van der Waals surface area contributed by atoms with E-state index in [2.05, 4.69) is 67.0 Å². The summed E-state index contributed by atoms with van der Waals surface area (Å²) >= 11 is 0. The van der Waals surface area contributed by atoms with Gasteiger partial charge in [-0.1, -0.05) is 132 Å². The summed E-state index contributed by atoms with van der Waals surface area (Å²) in [4.78, 5) is 34.9. The van der Waals surface area contributed by atoms with E-state index in [1.165, 1.54) is 51.4 Å². The van der Waals surface area contributed by atoms with Gasteiger partial charge in [-0.25, -0.2) is 4.57 Å². The van der Waals surface area contributed by atoms with Gasteiger partial charge in [-0.2, -0.15) is 0 Å². The van der Waals surface area contributed by atoms with Gasteiger partial charge in [0.05, 0.1) is 19.8 Å².